The highest BCUT2D eigenvalue weighted by Gasteiger charge is 2.91. The van der Waals surface area contributed by atoms with Crippen LogP contribution in [0.3, 0.4) is 0 Å². The maximum absolute atomic E-state index is 13.9. The van der Waals surface area contributed by atoms with Crippen molar-refractivity contribution in [2.24, 2.45) is 34.5 Å². The molecule has 1 aromatic rings. The summed E-state index contributed by atoms with van der Waals surface area (Å²) in [4.78, 5) is 16.3. The number of unbranched alkanes of at least 4 members (excludes halogenated alkanes) is 1. The highest BCUT2D eigenvalue weighted by molar-refractivity contribution is 5.89. The van der Waals surface area contributed by atoms with Crippen LogP contribution >= 0.6 is 0 Å². The van der Waals surface area contributed by atoms with Crippen LogP contribution in [0, 0.1) is 34.5 Å². The molecule has 0 aromatic heterocycles. The number of carbonyl (C=O) groups is 1. The van der Waals surface area contributed by atoms with Crippen molar-refractivity contribution in [3.05, 3.63) is 35.9 Å². The average Bonchev–Trinajstić information content (AvgIpc) is 3.44. The van der Waals surface area contributed by atoms with Crippen molar-refractivity contribution in [1.29, 1.82) is 0 Å². The summed E-state index contributed by atoms with van der Waals surface area (Å²) >= 11 is 0. The normalized spacial score (nSPS) is 49.3. The number of esters is 1. The van der Waals surface area contributed by atoms with Gasteiger partial charge in [-0.15, -0.1) is 0 Å². The van der Waals surface area contributed by atoms with E-state index in [0.717, 1.165) is 12.8 Å². The van der Waals surface area contributed by atoms with E-state index in [1.165, 1.54) is 7.11 Å². The second kappa shape index (κ2) is 12.0. The summed E-state index contributed by atoms with van der Waals surface area (Å²) < 4.78 is 38.6. The van der Waals surface area contributed by atoms with Gasteiger partial charge in [-0.3, -0.25) is 4.90 Å². The molecular formula is C36H53NO10. The molecule has 47 heavy (non-hydrogen) atoms. The number of aliphatic hydroxyl groups is 3. The van der Waals surface area contributed by atoms with Crippen LogP contribution in [0.4, 0.5) is 0 Å². The Bertz CT molecular complexity index is 1320. The highest BCUT2D eigenvalue weighted by atomic mass is 16.6. The molecule has 1 spiro atoms. The molecule has 5 saturated carbocycles. The molecule has 262 valence electrons. The van der Waals surface area contributed by atoms with Gasteiger partial charge in [0.05, 0.1) is 30.5 Å². The fourth-order valence-corrected chi connectivity index (χ4v) is 12.5. The molecule has 6 fully saturated rings. The molecular weight excluding hydrogens is 606 g/mol. The summed E-state index contributed by atoms with van der Waals surface area (Å²) in [6, 6.07) is 8.61. The van der Waals surface area contributed by atoms with E-state index in [2.05, 4.69) is 18.7 Å². The maximum atomic E-state index is 13.9. The minimum Gasteiger partial charge on any atom is -0.455 e. The van der Waals surface area contributed by atoms with Crippen molar-refractivity contribution in [2.45, 2.75) is 93.4 Å². The van der Waals surface area contributed by atoms with Crippen LogP contribution in [0.25, 0.3) is 0 Å². The van der Waals surface area contributed by atoms with Gasteiger partial charge in [0.15, 0.2) is 0 Å². The molecule has 11 heteroatoms. The maximum Gasteiger partial charge on any atom is 0.338 e. The lowest BCUT2D eigenvalue weighted by Crippen LogP contribution is -2.81. The number of rotatable bonds is 12. The van der Waals surface area contributed by atoms with E-state index >= 15 is 0 Å². The number of benzene rings is 1. The van der Waals surface area contributed by atoms with E-state index in [4.69, 9.17) is 28.4 Å². The molecule has 0 radical (unpaired) electrons. The summed E-state index contributed by atoms with van der Waals surface area (Å²) in [7, 11) is 6.57. The first-order valence-corrected chi connectivity index (χ1v) is 17.4. The Morgan fingerprint density at radius 3 is 2.36 bits per heavy atom. The van der Waals surface area contributed by atoms with Gasteiger partial charge >= 0.3 is 5.97 Å². The van der Waals surface area contributed by atoms with Gasteiger partial charge in [0.2, 0.25) is 0 Å². The first-order valence-electron chi connectivity index (χ1n) is 17.4. The largest absolute Gasteiger partial charge is 0.455 e. The van der Waals surface area contributed by atoms with E-state index in [-0.39, 0.29) is 24.3 Å². The number of nitrogens with zero attached hydrogens (tertiary/aromatic N) is 1. The monoisotopic (exact) mass is 659 g/mol. The third-order valence-corrected chi connectivity index (χ3v) is 13.7. The number of hydrogen-bond acceptors (Lipinski definition) is 11. The lowest BCUT2D eigenvalue weighted by molar-refractivity contribution is -0.331. The Hall–Kier alpha value is -1.67. The summed E-state index contributed by atoms with van der Waals surface area (Å²) in [5.74, 6) is -2.17. The van der Waals surface area contributed by atoms with Crippen LogP contribution in [0.2, 0.25) is 0 Å². The molecule has 1 aliphatic heterocycles. The molecule has 11 nitrogen and oxygen atoms in total. The topological polar surface area (TPSA) is 136 Å². The predicted molar refractivity (Wildman–Crippen MR) is 170 cm³/mol. The van der Waals surface area contributed by atoms with Crippen LogP contribution < -0.4 is 0 Å². The molecule has 1 saturated heterocycles. The zero-order chi connectivity index (χ0) is 33.5. The molecule has 7 rings (SSSR count). The fraction of sp³-hybridized carbons (Fsp3) is 0.806. The quantitative estimate of drug-likeness (QED) is 0.224. The van der Waals surface area contributed by atoms with Crippen molar-refractivity contribution >= 4 is 5.97 Å². The number of methoxy groups -OCH3 is 4. The summed E-state index contributed by atoms with van der Waals surface area (Å²) in [5, 5.41) is 37.7. The molecule has 0 unspecified atom stereocenters. The van der Waals surface area contributed by atoms with Gasteiger partial charge in [-0.1, -0.05) is 38.5 Å². The van der Waals surface area contributed by atoms with Crippen LogP contribution in [-0.4, -0.2) is 135 Å². The molecule has 3 N–H and O–H groups in total. The average molecular weight is 660 g/mol. The van der Waals surface area contributed by atoms with Crippen LogP contribution in [0.5, 0.6) is 0 Å². The van der Waals surface area contributed by atoms with Gasteiger partial charge in [0.25, 0.3) is 0 Å². The zero-order valence-electron chi connectivity index (χ0n) is 28.5. The third-order valence-electron chi connectivity index (χ3n) is 13.7. The smallest absolute Gasteiger partial charge is 0.338 e. The minimum atomic E-state index is -1.71. The van der Waals surface area contributed by atoms with Gasteiger partial charge in [-0.25, -0.2) is 4.79 Å². The second-order valence-corrected chi connectivity index (χ2v) is 15.0. The molecule has 0 amide bonds. The summed E-state index contributed by atoms with van der Waals surface area (Å²) in [6.07, 6.45) is -2.76. The van der Waals surface area contributed by atoms with E-state index in [0.29, 0.717) is 38.3 Å². The minimum absolute atomic E-state index is 0.175. The van der Waals surface area contributed by atoms with Gasteiger partial charge < -0.3 is 43.7 Å². The van der Waals surface area contributed by atoms with Gasteiger partial charge in [0.1, 0.15) is 29.5 Å². The van der Waals surface area contributed by atoms with Gasteiger partial charge in [-0.2, -0.15) is 0 Å². The standard InChI is InChI=1S/C36H53NO10/c1-7-9-15-46-36-24-21(17-34(41,31(45-6)29(36)39)30(24)47-32(40)20-13-11-10-12-14-20)35-23(43-4)16-22(38)33(19-42-3)18-37(8-2)28(35)25(36)26(44-5)27(33)35/h10-14,21-31,38-39,41H,7-9,15-19H2,1-6H3/t21-,22-,23+,24-,25+,26+,27-,28-,29+,30-,31+,33+,34+,35+,36-/m1/s1. The van der Waals surface area contributed by atoms with Crippen molar-refractivity contribution in [3.8, 4) is 0 Å². The van der Waals surface area contributed by atoms with Crippen molar-refractivity contribution in [3.63, 3.8) is 0 Å². The lowest BCUT2D eigenvalue weighted by Gasteiger charge is -2.70. The lowest BCUT2D eigenvalue weighted by atomic mass is 9.42. The molecule has 1 aromatic carbocycles. The Labute approximate surface area is 277 Å². The number of carbonyl (C=O) groups excluding carboxylic acids is 1. The molecule has 1 heterocycles. The van der Waals surface area contributed by atoms with Crippen LogP contribution in [-0.2, 0) is 28.4 Å². The van der Waals surface area contributed by atoms with E-state index < -0.39 is 76.5 Å². The van der Waals surface area contributed by atoms with Crippen LogP contribution in [0.15, 0.2) is 30.3 Å². The Morgan fingerprint density at radius 1 is 1.00 bits per heavy atom. The molecule has 5 aliphatic carbocycles. The SMILES string of the molecule is CCCCO[C@]12[C@H]3[C@@H](OC(=O)c4ccccc4)[C@@](O)(C[C@H]3[C@@]34[C@@H](OC)C[C@@H](O)[C@@]5(COC)CN(CC)[C@@H]3[C@@H]1[C@H](OC)[C@H]54)[C@@H](OC)[C@@H]2O. The summed E-state index contributed by atoms with van der Waals surface area (Å²) in [6.45, 7) is 6.17. The van der Waals surface area contributed by atoms with E-state index in [9.17, 15) is 20.1 Å². The molecule has 7 bridgehead atoms. The van der Waals surface area contributed by atoms with Crippen LogP contribution in [0.1, 0.15) is 49.9 Å². The highest BCUT2D eigenvalue weighted by Crippen LogP contribution is 2.80. The van der Waals surface area contributed by atoms with Crippen molar-refractivity contribution in [1.82, 2.24) is 4.90 Å². The zero-order valence-corrected chi connectivity index (χ0v) is 28.5. The Kier molecular flexibility index (Phi) is 8.62. The van der Waals surface area contributed by atoms with E-state index in [1.807, 2.05) is 6.07 Å². The molecule has 15 atom stereocenters. The number of ether oxygens (including phenoxy) is 6. The van der Waals surface area contributed by atoms with Gasteiger partial charge in [0, 0.05) is 82.6 Å². The first kappa shape index (κ1) is 33.8. The van der Waals surface area contributed by atoms with E-state index in [1.54, 1.807) is 45.6 Å². The number of hydrogen-bond donors (Lipinski definition) is 3. The van der Waals surface area contributed by atoms with Crippen molar-refractivity contribution in [2.75, 3.05) is 54.7 Å². The molecule has 6 aliphatic rings. The second-order valence-electron chi connectivity index (χ2n) is 15.0. The third kappa shape index (κ3) is 4.03. The number of piperidine rings is 1. The Morgan fingerprint density at radius 2 is 1.74 bits per heavy atom. The Balaban J connectivity index is 1.51. The van der Waals surface area contributed by atoms with Gasteiger partial charge in [-0.05, 0) is 37.4 Å². The number of fused-ring (bicyclic) bond motifs is 2. The first-order chi connectivity index (χ1) is 22.6. The fourth-order valence-electron chi connectivity index (χ4n) is 12.5. The number of likely N-dealkylation sites (tertiary alicyclic amines) is 1. The predicted octanol–water partition coefficient (Wildman–Crippen LogP) is 1.90. The summed E-state index contributed by atoms with van der Waals surface area (Å²) in [5.41, 5.74) is -4.01. The number of aliphatic hydroxyl groups excluding tert-OH is 2. The van der Waals surface area contributed by atoms with Crippen molar-refractivity contribution < 1.29 is 48.5 Å².